The van der Waals surface area contributed by atoms with Gasteiger partial charge in [-0.2, -0.15) is 0 Å². The fourth-order valence-electron chi connectivity index (χ4n) is 4.23. The lowest BCUT2D eigenvalue weighted by Gasteiger charge is -2.29. The zero-order valence-corrected chi connectivity index (χ0v) is 17.9. The molecule has 4 aromatic rings. The van der Waals surface area contributed by atoms with Gasteiger partial charge in [-0.3, -0.25) is 14.3 Å². The highest BCUT2D eigenvalue weighted by Gasteiger charge is 2.22. The summed E-state index contributed by atoms with van der Waals surface area (Å²) < 4.78 is 7.58. The van der Waals surface area contributed by atoms with Crippen LogP contribution in [0.3, 0.4) is 0 Å². The number of ether oxygens (including phenoxy) is 1. The minimum Gasteiger partial charge on any atom is -0.378 e. The summed E-state index contributed by atoms with van der Waals surface area (Å²) >= 11 is 6.41. The Hall–Kier alpha value is -3.16. The number of carbonyl (C=O) groups excluding carboxylic acids is 1. The Morgan fingerprint density at radius 3 is 2.74 bits per heavy atom. The second-order valence-corrected chi connectivity index (χ2v) is 7.92. The number of para-hydroxylation sites is 1. The van der Waals surface area contributed by atoms with Crippen LogP contribution in [0, 0.1) is 0 Å². The summed E-state index contributed by atoms with van der Waals surface area (Å²) in [5.41, 5.74) is 10.2. The molecule has 1 aliphatic rings. The van der Waals surface area contributed by atoms with Crippen LogP contribution in [-0.2, 0) is 11.2 Å². The molecule has 8 heteroatoms. The number of rotatable bonds is 4. The number of aromatic nitrogens is 3. The van der Waals surface area contributed by atoms with Gasteiger partial charge in [0.15, 0.2) is 0 Å². The third kappa shape index (κ3) is 3.30. The second kappa shape index (κ2) is 7.83. The first-order valence-electron chi connectivity index (χ1n) is 10.3. The van der Waals surface area contributed by atoms with E-state index in [2.05, 4.69) is 20.5 Å². The Kier molecular flexibility index (Phi) is 5.00. The van der Waals surface area contributed by atoms with E-state index in [-0.39, 0.29) is 0 Å². The van der Waals surface area contributed by atoms with E-state index in [1.165, 1.54) is 0 Å². The molecule has 0 atom stereocenters. The minimum absolute atomic E-state index is 0.420. The van der Waals surface area contributed by atoms with Gasteiger partial charge in [-0.25, -0.2) is 4.98 Å². The van der Waals surface area contributed by atoms with Crippen LogP contribution in [0.1, 0.15) is 23.1 Å². The van der Waals surface area contributed by atoms with Crippen LogP contribution < -0.4 is 10.6 Å². The maximum absolute atomic E-state index is 12.4. The van der Waals surface area contributed by atoms with Gasteiger partial charge in [0.25, 0.3) is 5.91 Å². The Labute approximate surface area is 184 Å². The van der Waals surface area contributed by atoms with Crippen molar-refractivity contribution in [3.63, 3.8) is 0 Å². The molecule has 1 aliphatic heterocycles. The molecule has 3 heterocycles. The standard InChI is InChI=1S/C23H22ClN5O2/c1-2-20-27-22-16(23(25)30)12-14(28-8-10-31-11-9-28)13-19(22)29(20)18-6-7-26-21-15(18)4-3-5-17(21)24/h3-7,12-13H,2,8-11H2,1H3,(H2,25,30). The van der Waals surface area contributed by atoms with Crippen molar-refractivity contribution in [3.05, 3.63) is 59.0 Å². The number of aryl methyl sites for hydroxylation is 1. The molecule has 1 amide bonds. The van der Waals surface area contributed by atoms with E-state index >= 15 is 0 Å². The first kappa shape index (κ1) is 19.8. The van der Waals surface area contributed by atoms with Gasteiger partial charge in [0.05, 0.1) is 40.5 Å². The molecule has 0 aliphatic carbocycles. The number of fused-ring (bicyclic) bond motifs is 2. The van der Waals surface area contributed by atoms with Crippen LogP contribution >= 0.6 is 11.6 Å². The predicted octanol–water partition coefficient (Wildman–Crippen LogP) is 3.73. The molecule has 1 fully saturated rings. The number of primary amides is 1. The lowest BCUT2D eigenvalue weighted by Crippen LogP contribution is -2.36. The average molecular weight is 436 g/mol. The molecule has 7 nitrogen and oxygen atoms in total. The van der Waals surface area contributed by atoms with Crippen molar-refractivity contribution < 1.29 is 9.53 Å². The van der Waals surface area contributed by atoms with E-state index < -0.39 is 5.91 Å². The fraction of sp³-hybridized carbons (Fsp3) is 0.261. The van der Waals surface area contributed by atoms with Crippen molar-refractivity contribution in [3.8, 4) is 5.69 Å². The Bertz CT molecular complexity index is 1310. The molecule has 0 saturated carbocycles. The van der Waals surface area contributed by atoms with Gasteiger partial charge in [0, 0.05) is 36.8 Å². The molecule has 0 radical (unpaired) electrons. The normalized spacial score (nSPS) is 14.5. The largest absolute Gasteiger partial charge is 0.378 e. The van der Waals surface area contributed by atoms with Gasteiger partial charge in [-0.15, -0.1) is 0 Å². The van der Waals surface area contributed by atoms with Crippen molar-refractivity contribution in [1.82, 2.24) is 14.5 Å². The molecule has 0 spiro atoms. The van der Waals surface area contributed by atoms with Gasteiger partial charge in [-0.1, -0.05) is 30.7 Å². The maximum atomic E-state index is 12.4. The van der Waals surface area contributed by atoms with E-state index in [0.717, 1.165) is 46.7 Å². The third-order valence-electron chi connectivity index (χ3n) is 5.71. The molecule has 1 saturated heterocycles. The molecular weight excluding hydrogens is 414 g/mol. The summed E-state index contributed by atoms with van der Waals surface area (Å²) in [7, 11) is 0. The molecule has 2 N–H and O–H groups in total. The lowest BCUT2D eigenvalue weighted by atomic mass is 10.1. The highest BCUT2D eigenvalue weighted by atomic mass is 35.5. The van der Waals surface area contributed by atoms with Crippen LogP contribution in [-0.4, -0.2) is 46.7 Å². The van der Waals surface area contributed by atoms with Crippen molar-refractivity contribution >= 4 is 45.1 Å². The Morgan fingerprint density at radius 1 is 1.19 bits per heavy atom. The molecule has 5 rings (SSSR count). The van der Waals surface area contributed by atoms with Gasteiger partial charge < -0.3 is 15.4 Å². The first-order chi connectivity index (χ1) is 15.1. The van der Waals surface area contributed by atoms with E-state index in [1.807, 2.05) is 37.3 Å². The number of imidazole rings is 1. The predicted molar refractivity (Wildman–Crippen MR) is 122 cm³/mol. The van der Waals surface area contributed by atoms with Crippen molar-refractivity contribution in [2.45, 2.75) is 13.3 Å². The highest BCUT2D eigenvalue weighted by Crippen LogP contribution is 2.33. The first-order valence-corrected chi connectivity index (χ1v) is 10.7. The number of benzene rings is 2. The number of hydrogen-bond acceptors (Lipinski definition) is 5. The summed E-state index contributed by atoms with van der Waals surface area (Å²) in [6, 6.07) is 11.6. The number of carbonyl (C=O) groups is 1. The number of halogens is 1. The summed E-state index contributed by atoms with van der Waals surface area (Å²) in [6.07, 6.45) is 2.43. The SMILES string of the molecule is CCc1nc2c(C(N)=O)cc(N3CCOCC3)cc2n1-c1ccnc2c(Cl)cccc12. The van der Waals surface area contributed by atoms with E-state index in [4.69, 9.17) is 27.1 Å². The molecule has 0 bridgehead atoms. The van der Waals surface area contributed by atoms with E-state index in [0.29, 0.717) is 35.7 Å². The lowest BCUT2D eigenvalue weighted by molar-refractivity contribution is 0.100. The van der Waals surface area contributed by atoms with Crippen molar-refractivity contribution in [2.75, 3.05) is 31.2 Å². The number of pyridine rings is 1. The van der Waals surface area contributed by atoms with Crippen molar-refractivity contribution in [2.24, 2.45) is 5.73 Å². The van der Waals surface area contributed by atoms with Gasteiger partial charge in [-0.05, 0) is 24.3 Å². The number of amides is 1. The zero-order valence-electron chi connectivity index (χ0n) is 17.1. The number of morpholine rings is 1. The molecular formula is C23H22ClN5O2. The number of hydrogen-bond donors (Lipinski definition) is 1. The summed E-state index contributed by atoms with van der Waals surface area (Å²) in [5, 5.41) is 1.51. The molecule has 31 heavy (non-hydrogen) atoms. The van der Waals surface area contributed by atoms with Gasteiger partial charge in [0.1, 0.15) is 11.3 Å². The Balaban J connectivity index is 1.83. The van der Waals surface area contributed by atoms with Crippen LogP contribution in [0.5, 0.6) is 0 Å². The van der Waals surface area contributed by atoms with Gasteiger partial charge >= 0.3 is 0 Å². The quantitative estimate of drug-likeness (QED) is 0.528. The molecule has 158 valence electrons. The van der Waals surface area contributed by atoms with Crippen LogP contribution in [0.2, 0.25) is 5.02 Å². The second-order valence-electron chi connectivity index (χ2n) is 7.51. The van der Waals surface area contributed by atoms with Gasteiger partial charge in [0.2, 0.25) is 0 Å². The number of anilines is 1. The maximum Gasteiger partial charge on any atom is 0.251 e. The molecule has 2 aromatic heterocycles. The van der Waals surface area contributed by atoms with E-state index in [9.17, 15) is 4.79 Å². The topological polar surface area (TPSA) is 86.3 Å². The van der Waals surface area contributed by atoms with Crippen LogP contribution in [0.4, 0.5) is 5.69 Å². The minimum atomic E-state index is -0.491. The number of nitrogens with two attached hydrogens (primary N) is 1. The van der Waals surface area contributed by atoms with Crippen LogP contribution in [0.25, 0.3) is 27.6 Å². The highest BCUT2D eigenvalue weighted by molar-refractivity contribution is 6.35. The summed E-state index contributed by atoms with van der Waals surface area (Å²) in [5.74, 6) is 0.346. The average Bonchev–Trinajstić information content (AvgIpc) is 3.17. The Morgan fingerprint density at radius 2 is 2.00 bits per heavy atom. The summed E-state index contributed by atoms with van der Waals surface area (Å²) in [4.78, 5) is 23.8. The molecule has 0 unspecified atom stereocenters. The fourth-order valence-corrected chi connectivity index (χ4v) is 4.45. The monoisotopic (exact) mass is 435 g/mol. The zero-order chi connectivity index (χ0) is 21.5. The summed E-state index contributed by atoms with van der Waals surface area (Å²) in [6.45, 7) is 4.85. The third-order valence-corrected chi connectivity index (χ3v) is 6.02. The number of nitrogens with zero attached hydrogens (tertiary/aromatic N) is 4. The van der Waals surface area contributed by atoms with Crippen molar-refractivity contribution in [1.29, 1.82) is 0 Å². The van der Waals surface area contributed by atoms with Crippen LogP contribution in [0.15, 0.2) is 42.6 Å². The molecule has 2 aromatic carbocycles. The van der Waals surface area contributed by atoms with E-state index in [1.54, 1.807) is 6.20 Å². The smallest absolute Gasteiger partial charge is 0.251 e.